The van der Waals surface area contributed by atoms with E-state index in [0.717, 1.165) is 23.5 Å². The fourth-order valence-corrected chi connectivity index (χ4v) is 3.37. The number of nitrogens with one attached hydrogen (secondary N) is 2. The molecule has 1 amide bonds. The van der Waals surface area contributed by atoms with Crippen LogP contribution < -0.4 is 11.1 Å². The van der Waals surface area contributed by atoms with Gasteiger partial charge in [0.05, 0.1) is 12.4 Å². The van der Waals surface area contributed by atoms with Crippen molar-refractivity contribution in [2.45, 2.75) is 44.7 Å². The molecule has 0 unspecified atom stereocenters. The lowest BCUT2D eigenvalue weighted by atomic mass is 10.1. The van der Waals surface area contributed by atoms with Crippen molar-refractivity contribution >= 4 is 30.7 Å². The van der Waals surface area contributed by atoms with Crippen LogP contribution in [-0.2, 0) is 30.6 Å². The van der Waals surface area contributed by atoms with Gasteiger partial charge in [0.15, 0.2) is 5.82 Å². The van der Waals surface area contributed by atoms with Gasteiger partial charge in [0, 0.05) is 31.3 Å². The zero-order valence-electron chi connectivity index (χ0n) is 17.2. The first-order valence-electron chi connectivity index (χ1n) is 10.1. The molecule has 1 fully saturated rings. The average molecular weight is 466 g/mol. The van der Waals surface area contributed by atoms with Crippen LogP contribution in [0.4, 0.5) is 0 Å². The molecule has 8 nitrogen and oxygen atoms in total. The lowest BCUT2D eigenvalue weighted by Gasteiger charge is -2.13. The van der Waals surface area contributed by atoms with E-state index in [1.807, 2.05) is 30.3 Å². The molecule has 168 valence electrons. The van der Waals surface area contributed by atoms with E-state index >= 15 is 0 Å². The number of aromatic nitrogens is 5. The standard InChI is InChI=1S/C21H27N7O.2ClH/c22-18(10-15-4-2-1-3-5-15)21-26-19(11-16-6-7-16)27-28(21)13-20(29)24-9-8-17-12-23-14-25-17;;/h1-5,12,14,16,18H,6-11,13,22H2,(H,23,25)(H,24,29);2*1H/t18-;;/m1../s1. The predicted octanol–water partition coefficient (Wildman–Crippen LogP) is 2.40. The van der Waals surface area contributed by atoms with Crippen molar-refractivity contribution in [3.05, 3.63) is 65.8 Å². The number of halogens is 2. The molecule has 2 heterocycles. The first-order chi connectivity index (χ1) is 14.2. The molecule has 3 aromatic rings. The summed E-state index contributed by atoms with van der Waals surface area (Å²) in [4.78, 5) is 24.2. The zero-order chi connectivity index (χ0) is 20.1. The Labute approximate surface area is 194 Å². The number of rotatable bonds is 10. The van der Waals surface area contributed by atoms with Crippen molar-refractivity contribution in [1.82, 2.24) is 30.0 Å². The van der Waals surface area contributed by atoms with Gasteiger partial charge in [-0.05, 0) is 30.7 Å². The number of nitrogens with zero attached hydrogens (tertiary/aromatic N) is 4. The van der Waals surface area contributed by atoms with E-state index in [9.17, 15) is 4.79 Å². The molecule has 0 spiro atoms. The summed E-state index contributed by atoms with van der Waals surface area (Å²) < 4.78 is 1.68. The molecule has 0 saturated heterocycles. The number of nitrogens with two attached hydrogens (primary N) is 1. The van der Waals surface area contributed by atoms with Gasteiger partial charge in [-0.15, -0.1) is 24.8 Å². The summed E-state index contributed by atoms with van der Waals surface area (Å²) in [6.07, 6.45) is 8.07. The molecule has 1 aliphatic rings. The molecule has 4 N–H and O–H groups in total. The van der Waals surface area contributed by atoms with Crippen molar-refractivity contribution < 1.29 is 4.79 Å². The minimum atomic E-state index is -0.310. The second kappa shape index (κ2) is 11.8. The molecule has 1 aromatic carbocycles. The highest BCUT2D eigenvalue weighted by Gasteiger charge is 2.26. The van der Waals surface area contributed by atoms with E-state index in [0.29, 0.717) is 31.1 Å². The molecule has 0 bridgehead atoms. The number of amides is 1. The van der Waals surface area contributed by atoms with Crippen LogP contribution in [0.5, 0.6) is 0 Å². The van der Waals surface area contributed by atoms with Gasteiger partial charge < -0.3 is 16.0 Å². The highest BCUT2D eigenvalue weighted by Crippen LogP contribution is 2.32. The van der Waals surface area contributed by atoms with Gasteiger partial charge in [-0.3, -0.25) is 4.79 Å². The zero-order valence-corrected chi connectivity index (χ0v) is 18.9. The Bertz CT molecular complexity index is 927. The average Bonchev–Trinajstić information content (AvgIpc) is 3.20. The van der Waals surface area contributed by atoms with Crippen molar-refractivity contribution in [3.63, 3.8) is 0 Å². The van der Waals surface area contributed by atoms with E-state index in [1.54, 1.807) is 17.2 Å². The maximum atomic E-state index is 12.5. The first kappa shape index (κ1) is 24.8. The highest BCUT2D eigenvalue weighted by atomic mass is 35.5. The number of hydrogen-bond donors (Lipinski definition) is 3. The van der Waals surface area contributed by atoms with Gasteiger partial charge in [0.1, 0.15) is 12.4 Å². The molecule has 10 heteroatoms. The third-order valence-corrected chi connectivity index (χ3v) is 5.11. The van der Waals surface area contributed by atoms with Crippen molar-refractivity contribution in [2.75, 3.05) is 6.54 Å². The number of hydrogen-bond acceptors (Lipinski definition) is 5. The van der Waals surface area contributed by atoms with Crippen LogP contribution in [0.15, 0.2) is 42.9 Å². The lowest BCUT2D eigenvalue weighted by molar-refractivity contribution is -0.121. The SMILES string of the molecule is Cl.Cl.N[C@H](Cc1ccccc1)c1nc(CC2CC2)nn1CC(=O)NCCc1cnc[nH]1. The Hall–Kier alpha value is -2.42. The monoisotopic (exact) mass is 465 g/mol. The fraction of sp³-hybridized carbons (Fsp3) is 0.429. The minimum absolute atomic E-state index is 0. The predicted molar refractivity (Wildman–Crippen MR) is 123 cm³/mol. The normalized spacial score (nSPS) is 13.7. The minimum Gasteiger partial charge on any atom is -0.354 e. The molecule has 31 heavy (non-hydrogen) atoms. The van der Waals surface area contributed by atoms with E-state index < -0.39 is 0 Å². The van der Waals surface area contributed by atoms with Crippen molar-refractivity contribution in [2.24, 2.45) is 11.7 Å². The maximum Gasteiger partial charge on any atom is 0.241 e. The number of imidazole rings is 1. The molecule has 0 radical (unpaired) electrons. The van der Waals surface area contributed by atoms with Gasteiger partial charge >= 0.3 is 0 Å². The van der Waals surface area contributed by atoms with E-state index in [-0.39, 0.29) is 43.3 Å². The van der Waals surface area contributed by atoms with Crippen LogP contribution in [0.25, 0.3) is 0 Å². The number of carbonyl (C=O) groups is 1. The van der Waals surface area contributed by atoms with E-state index in [2.05, 4.69) is 20.4 Å². The largest absolute Gasteiger partial charge is 0.354 e. The molecular weight excluding hydrogens is 437 g/mol. The fourth-order valence-electron chi connectivity index (χ4n) is 3.37. The van der Waals surface area contributed by atoms with Crippen LogP contribution >= 0.6 is 24.8 Å². The number of H-pyrrole nitrogens is 1. The summed E-state index contributed by atoms with van der Waals surface area (Å²) >= 11 is 0. The molecule has 1 atom stereocenters. The van der Waals surface area contributed by atoms with Crippen molar-refractivity contribution in [1.29, 1.82) is 0 Å². The summed E-state index contributed by atoms with van der Waals surface area (Å²) in [7, 11) is 0. The second-order valence-corrected chi connectivity index (χ2v) is 7.66. The Kier molecular flexibility index (Phi) is 9.48. The third-order valence-electron chi connectivity index (χ3n) is 5.11. The van der Waals surface area contributed by atoms with E-state index in [1.165, 1.54) is 12.8 Å². The van der Waals surface area contributed by atoms with Gasteiger partial charge in [0.2, 0.25) is 5.91 Å². The van der Waals surface area contributed by atoms with E-state index in [4.69, 9.17) is 10.7 Å². The van der Waals surface area contributed by atoms with Gasteiger partial charge in [-0.2, -0.15) is 5.10 Å². The molecule has 4 rings (SSSR count). The molecular formula is C21H29Cl2N7O. The second-order valence-electron chi connectivity index (χ2n) is 7.66. The number of carbonyl (C=O) groups excluding carboxylic acids is 1. The Morgan fingerprint density at radius 1 is 1.26 bits per heavy atom. The smallest absolute Gasteiger partial charge is 0.241 e. The van der Waals surface area contributed by atoms with Crippen LogP contribution in [-0.4, -0.2) is 37.2 Å². The lowest BCUT2D eigenvalue weighted by Crippen LogP contribution is -2.31. The van der Waals surface area contributed by atoms with Crippen LogP contribution in [0.3, 0.4) is 0 Å². The third kappa shape index (κ3) is 7.34. The quantitative estimate of drug-likeness (QED) is 0.425. The summed E-state index contributed by atoms with van der Waals surface area (Å²) in [6, 6.07) is 9.77. The topological polar surface area (TPSA) is 115 Å². The Balaban J connectivity index is 0.00000171. The van der Waals surface area contributed by atoms with Crippen LogP contribution in [0, 0.1) is 5.92 Å². The number of benzene rings is 1. The van der Waals surface area contributed by atoms with Gasteiger partial charge in [0.25, 0.3) is 0 Å². The summed E-state index contributed by atoms with van der Waals surface area (Å²) in [5, 5.41) is 7.53. The van der Waals surface area contributed by atoms with Crippen LogP contribution in [0.2, 0.25) is 0 Å². The summed E-state index contributed by atoms with van der Waals surface area (Å²) in [5.41, 5.74) is 8.59. The van der Waals surface area contributed by atoms with Crippen LogP contribution in [0.1, 0.15) is 41.8 Å². The van der Waals surface area contributed by atoms with Gasteiger partial charge in [-0.1, -0.05) is 30.3 Å². The summed E-state index contributed by atoms with van der Waals surface area (Å²) in [6.45, 7) is 0.661. The van der Waals surface area contributed by atoms with Crippen molar-refractivity contribution in [3.8, 4) is 0 Å². The Morgan fingerprint density at radius 2 is 2.03 bits per heavy atom. The first-order valence-corrected chi connectivity index (χ1v) is 10.1. The summed E-state index contributed by atoms with van der Waals surface area (Å²) in [5.74, 6) is 2.04. The maximum absolute atomic E-state index is 12.5. The molecule has 1 saturated carbocycles. The Morgan fingerprint density at radius 3 is 2.71 bits per heavy atom. The highest BCUT2D eigenvalue weighted by molar-refractivity contribution is 5.85. The molecule has 2 aromatic heterocycles. The molecule has 0 aliphatic heterocycles. The number of aromatic amines is 1. The molecule has 1 aliphatic carbocycles. The van der Waals surface area contributed by atoms with Gasteiger partial charge in [-0.25, -0.2) is 14.6 Å².